The first-order valence-corrected chi connectivity index (χ1v) is 6.32. The molecule has 0 saturated carbocycles. The quantitative estimate of drug-likeness (QED) is 0.682. The van der Waals surface area contributed by atoms with Crippen molar-refractivity contribution in [2.45, 2.75) is 6.92 Å². The van der Waals surface area contributed by atoms with E-state index in [-0.39, 0.29) is 5.78 Å². The SMILES string of the molecule is CC(=O)/C(=C/c1ccccc1)n1ncc2cccnc21. The number of benzene rings is 1. The molecule has 0 radical (unpaired) electrons. The zero-order chi connectivity index (χ0) is 13.9. The van der Waals surface area contributed by atoms with E-state index in [2.05, 4.69) is 10.1 Å². The summed E-state index contributed by atoms with van der Waals surface area (Å²) < 4.78 is 1.59. The van der Waals surface area contributed by atoms with Gasteiger partial charge in [0.15, 0.2) is 11.4 Å². The van der Waals surface area contributed by atoms with Crippen LogP contribution in [0, 0.1) is 0 Å². The second kappa shape index (κ2) is 5.09. The highest BCUT2D eigenvalue weighted by atomic mass is 16.1. The molecule has 0 aliphatic heterocycles. The van der Waals surface area contributed by atoms with E-state index in [0.717, 1.165) is 10.9 Å². The molecule has 3 aromatic rings. The van der Waals surface area contributed by atoms with E-state index in [1.165, 1.54) is 6.92 Å². The Balaban J connectivity index is 2.17. The number of ketones is 1. The van der Waals surface area contributed by atoms with Crippen LogP contribution in [0.4, 0.5) is 0 Å². The number of aromatic nitrogens is 3. The van der Waals surface area contributed by atoms with Gasteiger partial charge in [0.2, 0.25) is 0 Å². The molecular formula is C16H13N3O. The van der Waals surface area contributed by atoms with Gasteiger partial charge in [-0.2, -0.15) is 5.10 Å². The van der Waals surface area contributed by atoms with Gasteiger partial charge in [-0.05, 0) is 23.8 Å². The van der Waals surface area contributed by atoms with Crippen molar-refractivity contribution in [2.24, 2.45) is 0 Å². The van der Waals surface area contributed by atoms with Crippen molar-refractivity contribution in [1.29, 1.82) is 0 Å². The molecule has 20 heavy (non-hydrogen) atoms. The second-order valence-electron chi connectivity index (χ2n) is 4.47. The number of carbonyl (C=O) groups is 1. The van der Waals surface area contributed by atoms with Gasteiger partial charge < -0.3 is 0 Å². The van der Waals surface area contributed by atoms with Crippen LogP contribution in [-0.2, 0) is 4.79 Å². The predicted octanol–water partition coefficient (Wildman–Crippen LogP) is 3.02. The maximum atomic E-state index is 11.9. The molecule has 2 heterocycles. The summed E-state index contributed by atoms with van der Waals surface area (Å²) in [5, 5.41) is 5.19. The third kappa shape index (κ3) is 2.23. The zero-order valence-corrected chi connectivity index (χ0v) is 11.0. The number of rotatable bonds is 3. The Labute approximate surface area is 116 Å². The van der Waals surface area contributed by atoms with Crippen LogP contribution in [0.15, 0.2) is 54.9 Å². The smallest absolute Gasteiger partial charge is 0.178 e. The van der Waals surface area contributed by atoms with Crippen LogP contribution >= 0.6 is 0 Å². The molecule has 0 N–H and O–H groups in total. The largest absolute Gasteiger partial charge is 0.293 e. The highest BCUT2D eigenvalue weighted by Crippen LogP contribution is 2.18. The van der Waals surface area contributed by atoms with E-state index in [0.29, 0.717) is 11.3 Å². The minimum Gasteiger partial charge on any atom is -0.293 e. The van der Waals surface area contributed by atoms with Crippen molar-refractivity contribution in [2.75, 3.05) is 0 Å². The summed E-state index contributed by atoms with van der Waals surface area (Å²) in [4.78, 5) is 16.2. The fourth-order valence-electron chi connectivity index (χ4n) is 2.06. The van der Waals surface area contributed by atoms with Crippen molar-refractivity contribution >= 4 is 28.6 Å². The van der Waals surface area contributed by atoms with Gasteiger partial charge in [-0.3, -0.25) is 4.79 Å². The summed E-state index contributed by atoms with van der Waals surface area (Å²) in [6.45, 7) is 1.53. The van der Waals surface area contributed by atoms with E-state index in [9.17, 15) is 4.79 Å². The summed E-state index contributed by atoms with van der Waals surface area (Å²) in [7, 11) is 0. The highest BCUT2D eigenvalue weighted by molar-refractivity contribution is 6.19. The summed E-state index contributed by atoms with van der Waals surface area (Å²) in [5.74, 6) is -0.0514. The topological polar surface area (TPSA) is 47.8 Å². The molecule has 0 spiro atoms. The Morgan fingerprint density at radius 2 is 1.95 bits per heavy atom. The molecule has 0 aliphatic carbocycles. The highest BCUT2D eigenvalue weighted by Gasteiger charge is 2.12. The summed E-state index contributed by atoms with van der Waals surface area (Å²) in [5.41, 5.74) is 2.15. The molecule has 98 valence electrons. The molecule has 1 aromatic carbocycles. The van der Waals surface area contributed by atoms with Crippen LogP contribution in [0.2, 0.25) is 0 Å². The van der Waals surface area contributed by atoms with Crippen molar-refractivity contribution < 1.29 is 4.79 Å². The number of hydrogen-bond acceptors (Lipinski definition) is 3. The van der Waals surface area contributed by atoms with E-state index in [4.69, 9.17) is 0 Å². The Morgan fingerprint density at radius 1 is 1.15 bits per heavy atom. The van der Waals surface area contributed by atoms with Gasteiger partial charge in [0.05, 0.1) is 6.20 Å². The average Bonchev–Trinajstić information content (AvgIpc) is 2.89. The van der Waals surface area contributed by atoms with Crippen LogP contribution < -0.4 is 0 Å². The number of carbonyl (C=O) groups excluding carboxylic acids is 1. The molecular weight excluding hydrogens is 250 g/mol. The van der Waals surface area contributed by atoms with Crippen molar-refractivity contribution in [3.05, 3.63) is 60.4 Å². The van der Waals surface area contributed by atoms with E-state index < -0.39 is 0 Å². The van der Waals surface area contributed by atoms with Crippen LogP contribution in [0.3, 0.4) is 0 Å². The fourth-order valence-corrected chi connectivity index (χ4v) is 2.06. The number of hydrogen-bond donors (Lipinski definition) is 0. The molecule has 3 rings (SSSR count). The first-order valence-electron chi connectivity index (χ1n) is 6.32. The number of nitrogens with zero attached hydrogens (tertiary/aromatic N) is 3. The van der Waals surface area contributed by atoms with Crippen LogP contribution in [-0.4, -0.2) is 20.5 Å². The number of fused-ring (bicyclic) bond motifs is 1. The lowest BCUT2D eigenvalue weighted by molar-refractivity contribution is -0.112. The molecule has 0 amide bonds. The van der Waals surface area contributed by atoms with Gasteiger partial charge in [0.1, 0.15) is 5.70 Å². The molecule has 2 aromatic heterocycles. The van der Waals surface area contributed by atoms with Gasteiger partial charge in [-0.25, -0.2) is 9.67 Å². The minimum atomic E-state index is -0.0514. The first-order chi connectivity index (χ1) is 9.75. The minimum absolute atomic E-state index is 0.0514. The normalized spacial score (nSPS) is 11.8. The molecule has 0 bridgehead atoms. The summed E-state index contributed by atoms with van der Waals surface area (Å²) >= 11 is 0. The Morgan fingerprint density at radius 3 is 2.70 bits per heavy atom. The van der Waals surface area contributed by atoms with Crippen molar-refractivity contribution in [1.82, 2.24) is 14.8 Å². The Bertz CT molecular complexity index is 788. The fraction of sp³-hybridized carbons (Fsp3) is 0.0625. The van der Waals surface area contributed by atoms with Crippen molar-refractivity contribution in [3.63, 3.8) is 0 Å². The molecule has 4 nitrogen and oxygen atoms in total. The summed E-state index contributed by atoms with van der Waals surface area (Å²) in [6.07, 6.45) is 5.23. The maximum absolute atomic E-state index is 11.9. The zero-order valence-electron chi connectivity index (χ0n) is 11.0. The maximum Gasteiger partial charge on any atom is 0.178 e. The third-order valence-electron chi connectivity index (χ3n) is 3.02. The Hall–Kier alpha value is -2.75. The molecule has 4 heteroatoms. The molecule has 0 saturated heterocycles. The average molecular weight is 263 g/mol. The van der Waals surface area contributed by atoms with Gasteiger partial charge in [0.25, 0.3) is 0 Å². The molecule has 0 fully saturated rings. The number of Topliss-reactive ketones (excluding diaryl/α,β-unsaturated/α-hetero) is 1. The van der Waals surface area contributed by atoms with Gasteiger partial charge >= 0.3 is 0 Å². The van der Waals surface area contributed by atoms with E-state index >= 15 is 0 Å². The van der Waals surface area contributed by atoms with Gasteiger partial charge in [-0.15, -0.1) is 0 Å². The lowest BCUT2D eigenvalue weighted by Crippen LogP contribution is -2.07. The monoisotopic (exact) mass is 263 g/mol. The predicted molar refractivity (Wildman–Crippen MR) is 78.8 cm³/mol. The van der Waals surface area contributed by atoms with Gasteiger partial charge in [-0.1, -0.05) is 30.3 Å². The van der Waals surface area contributed by atoms with Crippen molar-refractivity contribution in [3.8, 4) is 0 Å². The third-order valence-corrected chi connectivity index (χ3v) is 3.02. The first kappa shape index (κ1) is 12.3. The number of pyridine rings is 1. The second-order valence-corrected chi connectivity index (χ2v) is 4.47. The summed E-state index contributed by atoms with van der Waals surface area (Å²) in [6, 6.07) is 13.5. The van der Waals surface area contributed by atoms with E-state index in [1.54, 1.807) is 17.1 Å². The van der Waals surface area contributed by atoms with Crippen LogP contribution in [0.25, 0.3) is 22.8 Å². The van der Waals surface area contributed by atoms with Crippen LogP contribution in [0.5, 0.6) is 0 Å². The standard InChI is InChI=1S/C16H13N3O/c1-12(20)15(10-13-6-3-2-4-7-13)19-16-14(11-18-19)8-5-9-17-16/h2-11H,1H3/b15-10-. The molecule has 0 aliphatic rings. The number of allylic oxidation sites excluding steroid dienone is 1. The van der Waals surface area contributed by atoms with Crippen LogP contribution in [0.1, 0.15) is 12.5 Å². The lowest BCUT2D eigenvalue weighted by atomic mass is 10.1. The Kier molecular flexibility index (Phi) is 3.13. The molecule has 0 unspecified atom stereocenters. The van der Waals surface area contributed by atoms with Gasteiger partial charge in [0, 0.05) is 18.5 Å². The lowest BCUT2D eigenvalue weighted by Gasteiger charge is -2.05. The van der Waals surface area contributed by atoms with E-state index in [1.807, 2.05) is 48.5 Å². The molecule has 0 atom stereocenters.